The van der Waals surface area contributed by atoms with E-state index in [1.54, 1.807) is 12.5 Å². The first-order chi connectivity index (χ1) is 11.6. The maximum absolute atomic E-state index is 4.51. The van der Waals surface area contributed by atoms with Crippen LogP contribution < -0.4 is 4.90 Å². The fraction of sp³-hybridized carbons (Fsp3) is 0.444. The van der Waals surface area contributed by atoms with Crippen LogP contribution in [0.4, 0.5) is 5.82 Å². The van der Waals surface area contributed by atoms with E-state index < -0.39 is 0 Å². The minimum Gasteiger partial charge on any atom is -0.356 e. The van der Waals surface area contributed by atoms with Gasteiger partial charge in [-0.1, -0.05) is 20.8 Å². The summed E-state index contributed by atoms with van der Waals surface area (Å²) in [5.74, 6) is 3.82. The van der Waals surface area contributed by atoms with Crippen molar-refractivity contribution >= 4 is 16.7 Å². The predicted molar refractivity (Wildman–Crippen MR) is 94.2 cm³/mol. The van der Waals surface area contributed by atoms with Crippen molar-refractivity contribution in [1.29, 1.82) is 0 Å². The van der Waals surface area contributed by atoms with Crippen LogP contribution in [-0.4, -0.2) is 37.8 Å². The second kappa shape index (κ2) is 5.85. The highest BCUT2D eigenvalue weighted by molar-refractivity contribution is 5.78. The quantitative estimate of drug-likeness (QED) is 0.726. The molecule has 124 valence electrons. The van der Waals surface area contributed by atoms with Gasteiger partial charge in [0.05, 0.1) is 11.7 Å². The van der Waals surface area contributed by atoms with Gasteiger partial charge in [0, 0.05) is 36.9 Å². The molecule has 3 aromatic rings. The molecule has 0 aliphatic carbocycles. The topological polar surface area (TPSA) is 59.7 Å². The van der Waals surface area contributed by atoms with E-state index in [0.29, 0.717) is 11.8 Å². The third-order valence-electron chi connectivity index (χ3n) is 5.36. The number of rotatable bonds is 2. The van der Waals surface area contributed by atoms with E-state index in [-0.39, 0.29) is 0 Å². The smallest absolute Gasteiger partial charge is 0.159 e. The molecule has 2 unspecified atom stereocenters. The van der Waals surface area contributed by atoms with Crippen molar-refractivity contribution in [2.75, 3.05) is 18.0 Å². The molecule has 1 aliphatic heterocycles. The lowest BCUT2D eigenvalue weighted by Gasteiger charge is -2.40. The lowest BCUT2D eigenvalue weighted by atomic mass is 9.81. The van der Waals surface area contributed by atoms with Crippen molar-refractivity contribution in [3.63, 3.8) is 0 Å². The van der Waals surface area contributed by atoms with Gasteiger partial charge in [-0.3, -0.25) is 4.98 Å². The first kappa shape index (κ1) is 15.1. The summed E-state index contributed by atoms with van der Waals surface area (Å²) in [6.45, 7) is 9.06. The van der Waals surface area contributed by atoms with Crippen LogP contribution in [0.15, 0.2) is 37.1 Å². The van der Waals surface area contributed by atoms with Gasteiger partial charge in [-0.15, -0.1) is 0 Å². The Labute approximate surface area is 141 Å². The fourth-order valence-corrected chi connectivity index (χ4v) is 3.53. The number of hydrogen-bond acceptors (Lipinski definition) is 5. The Morgan fingerprint density at radius 1 is 1.00 bits per heavy atom. The summed E-state index contributed by atoms with van der Waals surface area (Å²) in [6, 6.07) is 3.99. The minimum atomic E-state index is 0.656. The molecular formula is C18H22N6. The number of piperidine rings is 1. The van der Waals surface area contributed by atoms with Crippen LogP contribution in [0.3, 0.4) is 0 Å². The van der Waals surface area contributed by atoms with E-state index in [9.17, 15) is 0 Å². The summed E-state index contributed by atoms with van der Waals surface area (Å²) in [5, 5.41) is 5.47. The molecule has 6 heteroatoms. The van der Waals surface area contributed by atoms with Gasteiger partial charge in [0.25, 0.3) is 0 Å². The standard InChI is InChI=1S/C18H22N6/c1-12-9-23(10-13(2)14(12)3)17-6-18(21-11-20-17)24-16-4-5-19-7-15(16)8-22-24/h4-8,11-14H,9-10H2,1-3H3. The van der Waals surface area contributed by atoms with E-state index in [1.807, 2.05) is 29.2 Å². The first-order valence-electron chi connectivity index (χ1n) is 8.48. The molecule has 0 spiro atoms. The van der Waals surface area contributed by atoms with E-state index >= 15 is 0 Å². The minimum absolute atomic E-state index is 0.656. The SMILES string of the molecule is CC1CN(c2cc(-n3ncc4cnccc43)ncn2)CC(C)C1C. The number of hydrogen-bond donors (Lipinski definition) is 0. The lowest BCUT2D eigenvalue weighted by Crippen LogP contribution is -2.44. The summed E-state index contributed by atoms with van der Waals surface area (Å²) in [7, 11) is 0. The predicted octanol–water partition coefficient (Wildman–Crippen LogP) is 2.94. The molecule has 4 rings (SSSR count). The lowest BCUT2D eigenvalue weighted by molar-refractivity contribution is 0.240. The molecule has 2 atom stereocenters. The number of nitrogens with zero attached hydrogens (tertiary/aromatic N) is 6. The second-order valence-electron chi connectivity index (χ2n) is 6.94. The molecule has 0 aromatic carbocycles. The monoisotopic (exact) mass is 322 g/mol. The highest BCUT2D eigenvalue weighted by Crippen LogP contribution is 2.30. The highest BCUT2D eigenvalue weighted by Gasteiger charge is 2.29. The summed E-state index contributed by atoms with van der Waals surface area (Å²) in [5.41, 5.74) is 1.00. The van der Waals surface area contributed by atoms with Crippen LogP contribution in [0.2, 0.25) is 0 Å². The van der Waals surface area contributed by atoms with Gasteiger partial charge in [0.1, 0.15) is 12.1 Å². The van der Waals surface area contributed by atoms with Crippen molar-refractivity contribution < 1.29 is 0 Å². The molecule has 24 heavy (non-hydrogen) atoms. The van der Waals surface area contributed by atoms with Crippen molar-refractivity contribution in [3.8, 4) is 5.82 Å². The number of fused-ring (bicyclic) bond motifs is 1. The molecule has 0 N–H and O–H groups in total. The molecule has 0 radical (unpaired) electrons. The Morgan fingerprint density at radius 3 is 2.54 bits per heavy atom. The molecule has 3 aromatic heterocycles. The van der Waals surface area contributed by atoms with E-state index in [2.05, 4.69) is 45.7 Å². The van der Waals surface area contributed by atoms with E-state index in [0.717, 1.165) is 41.5 Å². The largest absolute Gasteiger partial charge is 0.356 e. The number of aromatic nitrogens is 5. The Kier molecular flexibility index (Phi) is 3.67. The zero-order chi connectivity index (χ0) is 16.7. The van der Waals surface area contributed by atoms with Gasteiger partial charge in [0.2, 0.25) is 0 Å². The summed E-state index contributed by atoms with van der Waals surface area (Å²) >= 11 is 0. The van der Waals surface area contributed by atoms with Crippen LogP contribution >= 0.6 is 0 Å². The van der Waals surface area contributed by atoms with Crippen molar-refractivity contribution in [1.82, 2.24) is 24.7 Å². The van der Waals surface area contributed by atoms with Gasteiger partial charge in [-0.25, -0.2) is 14.6 Å². The van der Waals surface area contributed by atoms with Crippen LogP contribution in [0, 0.1) is 17.8 Å². The molecular weight excluding hydrogens is 300 g/mol. The van der Waals surface area contributed by atoms with Crippen molar-refractivity contribution in [2.45, 2.75) is 20.8 Å². The summed E-state index contributed by atoms with van der Waals surface area (Å²) in [6.07, 6.45) is 7.04. The summed E-state index contributed by atoms with van der Waals surface area (Å²) in [4.78, 5) is 15.4. The molecule has 1 aliphatic rings. The van der Waals surface area contributed by atoms with Gasteiger partial charge in [-0.2, -0.15) is 5.10 Å². The highest BCUT2D eigenvalue weighted by atomic mass is 15.3. The van der Waals surface area contributed by atoms with Gasteiger partial charge in [-0.05, 0) is 23.8 Å². The molecule has 1 saturated heterocycles. The van der Waals surface area contributed by atoms with Crippen molar-refractivity contribution in [3.05, 3.63) is 37.1 Å². The summed E-state index contributed by atoms with van der Waals surface area (Å²) < 4.78 is 1.85. The Bertz CT molecular complexity index is 845. The zero-order valence-corrected chi connectivity index (χ0v) is 14.3. The molecule has 6 nitrogen and oxygen atoms in total. The zero-order valence-electron chi connectivity index (χ0n) is 14.3. The normalized spacial score (nSPS) is 24.5. The van der Waals surface area contributed by atoms with E-state index in [4.69, 9.17) is 0 Å². The Morgan fingerprint density at radius 2 is 1.75 bits per heavy atom. The third kappa shape index (κ3) is 2.52. The Balaban J connectivity index is 1.69. The second-order valence-corrected chi connectivity index (χ2v) is 6.94. The van der Waals surface area contributed by atoms with Crippen LogP contribution in [0.5, 0.6) is 0 Å². The first-order valence-corrected chi connectivity index (χ1v) is 8.48. The van der Waals surface area contributed by atoms with Crippen LogP contribution in [-0.2, 0) is 0 Å². The average Bonchev–Trinajstić information content (AvgIpc) is 3.03. The molecule has 0 amide bonds. The maximum atomic E-state index is 4.51. The number of pyridine rings is 1. The molecule has 1 fully saturated rings. The average molecular weight is 322 g/mol. The molecule has 4 heterocycles. The van der Waals surface area contributed by atoms with Crippen LogP contribution in [0.25, 0.3) is 16.7 Å². The maximum Gasteiger partial charge on any atom is 0.159 e. The van der Waals surface area contributed by atoms with Gasteiger partial charge < -0.3 is 4.90 Å². The van der Waals surface area contributed by atoms with E-state index in [1.165, 1.54) is 0 Å². The molecule has 0 saturated carbocycles. The van der Waals surface area contributed by atoms with Crippen LogP contribution in [0.1, 0.15) is 20.8 Å². The number of anilines is 1. The van der Waals surface area contributed by atoms with Gasteiger partial charge >= 0.3 is 0 Å². The molecule has 0 bridgehead atoms. The fourth-order valence-electron chi connectivity index (χ4n) is 3.53. The van der Waals surface area contributed by atoms with Gasteiger partial charge in [0.15, 0.2) is 5.82 Å². The third-order valence-corrected chi connectivity index (χ3v) is 5.36. The van der Waals surface area contributed by atoms with Crippen molar-refractivity contribution in [2.24, 2.45) is 17.8 Å². The Hall–Kier alpha value is -2.50.